The van der Waals surface area contributed by atoms with Crippen LogP contribution in [0.2, 0.25) is 0 Å². The molecule has 4 rings (SSSR count). The van der Waals surface area contributed by atoms with Gasteiger partial charge in [0.25, 0.3) is 0 Å². The molecule has 0 bridgehead atoms. The highest BCUT2D eigenvalue weighted by molar-refractivity contribution is 9.10. The van der Waals surface area contributed by atoms with Crippen LogP contribution in [-0.2, 0) is 6.61 Å². The van der Waals surface area contributed by atoms with Crippen LogP contribution in [0.25, 0.3) is 0 Å². The second-order valence-electron chi connectivity index (χ2n) is 7.30. The Kier molecular flexibility index (Phi) is 5.61. The normalized spacial score (nSPS) is 15.1. The molecule has 1 atom stereocenters. The summed E-state index contributed by atoms with van der Waals surface area (Å²) in [5.74, 6) is 1.10. The molecule has 0 saturated carbocycles. The minimum Gasteiger partial charge on any atom is -0.493 e. The molecule has 1 aromatic heterocycles. The summed E-state index contributed by atoms with van der Waals surface area (Å²) in [6, 6.07) is 14.1. The van der Waals surface area contributed by atoms with Gasteiger partial charge in [0.1, 0.15) is 18.2 Å². The van der Waals surface area contributed by atoms with Crippen LogP contribution in [0.15, 0.2) is 52.3 Å². The van der Waals surface area contributed by atoms with Crippen molar-refractivity contribution in [3.8, 4) is 23.4 Å². The van der Waals surface area contributed by atoms with Gasteiger partial charge in [-0.1, -0.05) is 29.8 Å². The first-order valence-electron chi connectivity index (χ1n) is 9.61. The molecule has 1 aliphatic heterocycles. The lowest BCUT2D eigenvalue weighted by molar-refractivity contribution is 0.282. The Morgan fingerprint density at radius 2 is 2.10 bits per heavy atom. The fourth-order valence-electron chi connectivity index (χ4n) is 3.74. The molecule has 0 spiro atoms. The monoisotopic (exact) mass is 480 g/mol. The number of allylic oxidation sites excluding steroid dienone is 1. The van der Waals surface area contributed by atoms with Gasteiger partial charge in [0.05, 0.1) is 17.5 Å². The van der Waals surface area contributed by atoms with E-state index >= 15 is 0 Å². The van der Waals surface area contributed by atoms with Crippen molar-refractivity contribution < 1.29 is 14.2 Å². The van der Waals surface area contributed by atoms with Crippen LogP contribution in [0.3, 0.4) is 0 Å². The van der Waals surface area contributed by atoms with Crippen LogP contribution in [0.1, 0.15) is 33.9 Å². The maximum Gasteiger partial charge on any atom is 0.244 e. The second-order valence-corrected chi connectivity index (χ2v) is 8.16. The summed E-state index contributed by atoms with van der Waals surface area (Å²) in [5.41, 5.74) is 10.9. The van der Waals surface area contributed by atoms with Gasteiger partial charge in [0.2, 0.25) is 11.8 Å². The number of hydrogen-bond donors (Lipinski definition) is 2. The quantitative estimate of drug-likeness (QED) is 0.552. The zero-order valence-corrected chi connectivity index (χ0v) is 18.9. The van der Waals surface area contributed by atoms with Crippen molar-refractivity contribution in [1.29, 1.82) is 5.26 Å². The molecule has 3 aromatic rings. The number of aromatic amines is 1. The summed E-state index contributed by atoms with van der Waals surface area (Å²) in [7, 11) is 1.58. The van der Waals surface area contributed by atoms with E-state index in [0.717, 1.165) is 22.4 Å². The summed E-state index contributed by atoms with van der Waals surface area (Å²) < 4.78 is 18.0. The van der Waals surface area contributed by atoms with Crippen LogP contribution < -0.4 is 19.9 Å². The van der Waals surface area contributed by atoms with E-state index in [-0.39, 0.29) is 5.88 Å². The highest BCUT2D eigenvalue weighted by Gasteiger charge is 2.35. The van der Waals surface area contributed by atoms with Crippen LogP contribution in [0, 0.1) is 25.2 Å². The number of hydrogen-bond acceptors (Lipinski definition) is 6. The first-order chi connectivity index (χ1) is 14.9. The highest BCUT2D eigenvalue weighted by atomic mass is 79.9. The summed E-state index contributed by atoms with van der Waals surface area (Å²) in [6.45, 7) is 4.32. The Morgan fingerprint density at radius 3 is 2.81 bits per heavy atom. The average Bonchev–Trinajstić information content (AvgIpc) is 3.11. The lowest BCUT2D eigenvalue weighted by atomic mass is 9.84. The fourth-order valence-corrected chi connectivity index (χ4v) is 4.31. The molecule has 0 amide bonds. The number of H-pyrrole nitrogens is 1. The van der Waals surface area contributed by atoms with Crippen LogP contribution in [0.4, 0.5) is 0 Å². The Morgan fingerprint density at radius 1 is 1.29 bits per heavy atom. The maximum atomic E-state index is 9.76. The third-order valence-corrected chi connectivity index (χ3v) is 5.77. The molecule has 158 valence electrons. The third-order valence-electron chi connectivity index (χ3n) is 5.18. The van der Waals surface area contributed by atoms with E-state index in [4.69, 9.17) is 19.9 Å². The van der Waals surface area contributed by atoms with Crippen LogP contribution in [-0.4, -0.2) is 17.3 Å². The molecule has 1 aliphatic rings. The van der Waals surface area contributed by atoms with Crippen molar-refractivity contribution in [2.45, 2.75) is 26.4 Å². The van der Waals surface area contributed by atoms with Crippen molar-refractivity contribution in [2.24, 2.45) is 5.73 Å². The molecule has 3 N–H and O–H groups in total. The van der Waals surface area contributed by atoms with Crippen molar-refractivity contribution in [3.05, 3.63) is 80.3 Å². The van der Waals surface area contributed by atoms with E-state index in [1.165, 1.54) is 5.56 Å². The Balaban J connectivity index is 1.74. The van der Waals surface area contributed by atoms with Gasteiger partial charge in [0.15, 0.2) is 11.5 Å². The molecule has 31 heavy (non-hydrogen) atoms. The molecule has 7 nitrogen and oxygen atoms in total. The van der Waals surface area contributed by atoms with E-state index < -0.39 is 5.92 Å². The number of aromatic nitrogens is 2. The number of nitrogens with two attached hydrogens (primary N) is 1. The minimum atomic E-state index is -0.441. The number of methoxy groups -OCH3 is 1. The highest BCUT2D eigenvalue weighted by Crippen LogP contribution is 2.46. The van der Waals surface area contributed by atoms with Gasteiger partial charge in [-0.05, 0) is 53.0 Å². The number of ether oxygens (including phenoxy) is 3. The minimum absolute atomic E-state index is 0.0429. The summed E-state index contributed by atoms with van der Waals surface area (Å²) in [4.78, 5) is 0. The molecule has 1 unspecified atom stereocenters. The molecule has 2 aromatic carbocycles. The van der Waals surface area contributed by atoms with E-state index in [0.29, 0.717) is 34.0 Å². The van der Waals surface area contributed by atoms with Crippen molar-refractivity contribution in [3.63, 3.8) is 0 Å². The number of fused-ring (bicyclic) bond motifs is 1. The predicted molar refractivity (Wildman–Crippen MR) is 119 cm³/mol. The molecule has 0 aliphatic carbocycles. The van der Waals surface area contributed by atoms with Gasteiger partial charge < -0.3 is 19.9 Å². The molecule has 2 heterocycles. The topological polar surface area (TPSA) is 106 Å². The summed E-state index contributed by atoms with van der Waals surface area (Å²) in [5, 5.41) is 16.8. The average molecular weight is 481 g/mol. The number of nitriles is 1. The first kappa shape index (κ1) is 20.8. The van der Waals surface area contributed by atoms with E-state index in [9.17, 15) is 5.26 Å². The van der Waals surface area contributed by atoms with Gasteiger partial charge in [-0.15, -0.1) is 5.10 Å². The molecular formula is C23H21BrN4O3. The number of benzene rings is 2. The molecule has 0 fully saturated rings. The van der Waals surface area contributed by atoms with Gasteiger partial charge in [-0.25, -0.2) is 0 Å². The smallest absolute Gasteiger partial charge is 0.244 e. The lowest BCUT2D eigenvalue weighted by Gasteiger charge is -2.25. The lowest BCUT2D eigenvalue weighted by Crippen LogP contribution is -2.21. The Labute approximate surface area is 188 Å². The van der Waals surface area contributed by atoms with Gasteiger partial charge in [-0.3, -0.25) is 5.10 Å². The number of rotatable bonds is 5. The second kappa shape index (κ2) is 8.36. The maximum absolute atomic E-state index is 9.76. The SMILES string of the molecule is COc1cc(C2C(C#N)=C(N)Oc3n[nH]c(C)c32)cc(Br)c1OCc1cccc(C)c1. The molecular weight excluding hydrogens is 460 g/mol. The zero-order chi connectivity index (χ0) is 22.1. The van der Waals surface area contributed by atoms with E-state index in [1.54, 1.807) is 7.11 Å². The van der Waals surface area contributed by atoms with Crippen molar-refractivity contribution in [1.82, 2.24) is 10.2 Å². The third kappa shape index (κ3) is 3.84. The summed E-state index contributed by atoms with van der Waals surface area (Å²) >= 11 is 3.61. The largest absolute Gasteiger partial charge is 0.493 e. The predicted octanol–water partition coefficient (Wildman–Crippen LogP) is 4.59. The van der Waals surface area contributed by atoms with Crippen molar-refractivity contribution in [2.75, 3.05) is 7.11 Å². The first-order valence-corrected chi connectivity index (χ1v) is 10.4. The van der Waals surface area contributed by atoms with Gasteiger partial charge in [0, 0.05) is 11.3 Å². The molecule has 0 radical (unpaired) electrons. The van der Waals surface area contributed by atoms with E-state index in [1.807, 2.05) is 44.2 Å². The van der Waals surface area contributed by atoms with Crippen LogP contribution in [0.5, 0.6) is 17.4 Å². The number of nitrogens with one attached hydrogen (secondary N) is 1. The Bertz CT molecular complexity index is 1230. The van der Waals surface area contributed by atoms with E-state index in [2.05, 4.69) is 38.3 Å². The standard InChI is InChI=1S/C23H21BrN4O3/c1-12-5-4-6-14(7-12)11-30-21-17(24)8-15(9-18(21)29-3)20-16(10-25)22(26)31-23-19(20)13(2)27-28-23/h4-9,20H,11,26H2,1-3H3,(H,27,28). The fraction of sp³-hybridized carbons (Fsp3) is 0.217. The number of aryl methyl sites for hydroxylation is 2. The van der Waals surface area contributed by atoms with Gasteiger partial charge in [-0.2, -0.15) is 5.26 Å². The zero-order valence-electron chi connectivity index (χ0n) is 17.3. The van der Waals surface area contributed by atoms with Crippen molar-refractivity contribution >= 4 is 15.9 Å². The number of nitrogens with zero attached hydrogens (tertiary/aromatic N) is 2. The summed E-state index contributed by atoms with van der Waals surface area (Å²) in [6.07, 6.45) is 0. The molecule has 8 heteroatoms. The van der Waals surface area contributed by atoms with Gasteiger partial charge >= 0.3 is 0 Å². The molecule has 0 saturated heterocycles. The van der Waals surface area contributed by atoms with Crippen LogP contribution >= 0.6 is 15.9 Å². The number of halogens is 1. The Hall–Kier alpha value is -3.44.